The molecule has 2 aromatic carbocycles. The number of halogens is 6. The van der Waals surface area contributed by atoms with E-state index in [0.717, 1.165) is 6.07 Å². The number of anilines is 1. The largest absolute Gasteiger partial charge is 0.516 e. The molecule has 0 radical (unpaired) electrons. The molecule has 0 fully saturated rings. The summed E-state index contributed by atoms with van der Waals surface area (Å²) in [5.74, 6) is 0. The Morgan fingerprint density at radius 2 is 1.76 bits per heavy atom. The third-order valence-corrected chi connectivity index (χ3v) is 5.66. The van der Waals surface area contributed by atoms with Crippen molar-refractivity contribution in [3.05, 3.63) is 62.6 Å². The molecule has 0 aliphatic carbocycles. The van der Waals surface area contributed by atoms with Gasteiger partial charge in [-0.05, 0) is 36.8 Å². The summed E-state index contributed by atoms with van der Waals surface area (Å²) in [5, 5.41) is 4.79. The van der Waals surface area contributed by atoms with Gasteiger partial charge in [0.05, 0.1) is 11.4 Å². The van der Waals surface area contributed by atoms with Crippen molar-refractivity contribution in [2.24, 2.45) is 5.16 Å². The molecule has 158 valence electrons. The highest BCUT2D eigenvalue weighted by Crippen LogP contribution is 2.30. The van der Waals surface area contributed by atoms with Crippen LogP contribution < -0.4 is 4.72 Å². The van der Waals surface area contributed by atoms with Crippen molar-refractivity contribution in [1.29, 1.82) is 0 Å². The minimum Gasteiger partial charge on any atom is -0.391 e. The monoisotopic (exact) mass is 488 g/mol. The lowest BCUT2D eigenvalue weighted by molar-refractivity contribution is -0.0429. The summed E-state index contributed by atoms with van der Waals surface area (Å²) >= 11 is 18.0. The van der Waals surface area contributed by atoms with Gasteiger partial charge in [-0.3, -0.25) is 4.72 Å². The molecule has 0 aliphatic rings. The van der Waals surface area contributed by atoms with Crippen molar-refractivity contribution in [2.45, 2.75) is 25.5 Å². The van der Waals surface area contributed by atoms with Crippen LogP contribution in [0, 0.1) is 0 Å². The Hall–Kier alpha value is -1.68. The van der Waals surface area contributed by atoms with E-state index in [1.807, 2.05) is 0 Å². The lowest BCUT2D eigenvalue weighted by Crippen LogP contribution is -2.30. The maximum atomic E-state index is 12.7. The second-order valence-electron chi connectivity index (χ2n) is 5.61. The van der Waals surface area contributed by atoms with E-state index in [9.17, 15) is 21.6 Å². The van der Waals surface area contributed by atoms with Gasteiger partial charge in [0.15, 0.2) is 0 Å². The van der Waals surface area contributed by atoms with Crippen molar-refractivity contribution in [3.8, 4) is 0 Å². The number of rotatable bonds is 7. The molecule has 2 aromatic rings. The molecular weight excluding hydrogens is 476 g/mol. The molecule has 0 atom stereocenters. The molecule has 0 amide bonds. The molecule has 1 N–H and O–H groups in total. The fraction of sp³-hybridized carbons (Fsp3) is 0.235. The first-order chi connectivity index (χ1) is 13.5. The number of oxime groups is 1. The highest BCUT2D eigenvalue weighted by atomic mass is 35.5. The zero-order chi connectivity index (χ0) is 21.8. The van der Waals surface area contributed by atoms with E-state index in [4.69, 9.17) is 39.6 Å². The molecule has 0 unspecified atom stereocenters. The van der Waals surface area contributed by atoms with Gasteiger partial charge in [-0.25, -0.2) is 0 Å². The molecule has 2 rings (SSSR count). The van der Waals surface area contributed by atoms with Gasteiger partial charge in [-0.15, -0.1) is 0 Å². The van der Waals surface area contributed by atoms with E-state index < -0.39 is 15.5 Å². The average molecular weight is 490 g/mol. The molecule has 0 spiro atoms. The summed E-state index contributed by atoms with van der Waals surface area (Å²) < 4.78 is 62.6. The Morgan fingerprint density at radius 1 is 1.14 bits per heavy atom. The number of hydrogen-bond acceptors (Lipinski definition) is 4. The summed E-state index contributed by atoms with van der Waals surface area (Å²) in [6.07, 6.45) is 0.206. The second kappa shape index (κ2) is 9.42. The summed E-state index contributed by atoms with van der Waals surface area (Å²) in [7, 11) is -5.63. The molecule has 0 aliphatic heterocycles. The molecule has 0 bridgehead atoms. The van der Waals surface area contributed by atoms with Crippen LogP contribution in [0.5, 0.6) is 0 Å². The Bertz CT molecular complexity index is 1010. The lowest BCUT2D eigenvalue weighted by Gasteiger charge is -2.15. The van der Waals surface area contributed by atoms with Gasteiger partial charge in [0.25, 0.3) is 0 Å². The first kappa shape index (κ1) is 23.6. The van der Waals surface area contributed by atoms with E-state index in [1.165, 1.54) is 16.9 Å². The van der Waals surface area contributed by atoms with Crippen molar-refractivity contribution in [2.75, 3.05) is 4.72 Å². The third-order valence-electron chi connectivity index (χ3n) is 3.62. The molecule has 0 aromatic heterocycles. The van der Waals surface area contributed by atoms with Crippen LogP contribution in [0.25, 0.3) is 0 Å². The number of sulfonamides is 1. The molecule has 5 nitrogen and oxygen atoms in total. The van der Waals surface area contributed by atoms with E-state index in [1.54, 1.807) is 25.1 Å². The van der Waals surface area contributed by atoms with Crippen molar-refractivity contribution in [1.82, 2.24) is 0 Å². The zero-order valence-electron chi connectivity index (χ0n) is 14.7. The van der Waals surface area contributed by atoms with Crippen molar-refractivity contribution in [3.63, 3.8) is 0 Å². The van der Waals surface area contributed by atoms with E-state index in [2.05, 4.69) is 5.16 Å². The molecule has 0 saturated carbocycles. The number of alkyl halides is 3. The molecule has 29 heavy (non-hydrogen) atoms. The van der Waals surface area contributed by atoms with E-state index in [0.29, 0.717) is 15.6 Å². The van der Waals surface area contributed by atoms with Crippen molar-refractivity contribution >= 4 is 56.2 Å². The Labute approximate surface area is 180 Å². The van der Waals surface area contributed by atoms with E-state index in [-0.39, 0.29) is 35.0 Å². The first-order valence-corrected chi connectivity index (χ1v) is 10.6. The molecule has 0 heterocycles. The van der Waals surface area contributed by atoms with Crippen LogP contribution in [0.3, 0.4) is 0 Å². The normalized spacial score (nSPS) is 12.7. The first-order valence-electron chi connectivity index (χ1n) is 7.97. The van der Waals surface area contributed by atoms with Crippen LogP contribution in [0.15, 0.2) is 41.6 Å². The summed E-state index contributed by atoms with van der Waals surface area (Å²) in [5.41, 5.74) is -5.15. The maximum Gasteiger partial charge on any atom is 0.516 e. The highest BCUT2D eigenvalue weighted by Gasteiger charge is 2.46. The predicted octanol–water partition coefficient (Wildman–Crippen LogP) is 6.24. The quantitative estimate of drug-likeness (QED) is 0.370. The fourth-order valence-corrected chi connectivity index (χ4v) is 3.46. The van der Waals surface area contributed by atoms with Crippen LogP contribution in [0.1, 0.15) is 24.5 Å². The van der Waals surface area contributed by atoms with Crippen LogP contribution in [-0.2, 0) is 21.5 Å². The number of nitrogens with zero attached hydrogens (tertiary/aromatic N) is 1. The Kier molecular flexibility index (Phi) is 7.67. The Balaban J connectivity index is 2.35. The minimum atomic E-state index is -5.63. The average Bonchev–Trinajstić information content (AvgIpc) is 2.61. The van der Waals surface area contributed by atoms with Crippen molar-refractivity contribution < 1.29 is 26.4 Å². The molecule has 12 heteroatoms. The molecular formula is C17H14Cl3F3N2O3S. The number of benzene rings is 2. The zero-order valence-corrected chi connectivity index (χ0v) is 17.8. The predicted molar refractivity (Wildman–Crippen MR) is 108 cm³/mol. The highest BCUT2D eigenvalue weighted by molar-refractivity contribution is 7.93. The number of nitrogens with one attached hydrogen (secondary N) is 1. The maximum absolute atomic E-state index is 12.7. The van der Waals surface area contributed by atoms with Gasteiger partial charge < -0.3 is 4.84 Å². The van der Waals surface area contributed by atoms with Crippen LogP contribution in [0.2, 0.25) is 15.1 Å². The van der Waals surface area contributed by atoms with Gasteiger partial charge in [0.1, 0.15) is 6.61 Å². The second-order valence-corrected chi connectivity index (χ2v) is 8.53. The van der Waals surface area contributed by atoms with Gasteiger partial charge >= 0.3 is 15.5 Å². The minimum absolute atomic E-state index is 0.0399. The van der Waals surface area contributed by atoms with Crippen LogP contribution in [-0.4, -0.2) is 19.6 Å². The molecule has 0 saturated heterocycles. The van der Waals surface area contributed by atoms with E-state index >= 15 is 0 Å². The van der Waals surface area contributed by atoms with Gasteiger partial charge in [0, 0.05) is 26.2 Å². The summed E-state index contributed by atoms with van der Waals surface area (Å²) in [6, 6.07) is 8.51. The summed E-state index contributed by atoms with van der Waals surface area (Å²) in [4.78, 5) is 5.26. The van der Waals surface area contributed by atoms with Gasteiger partial charge in [-0.2, -0.15) is 21.6 Å². The van der Waals surface area contributed by atoms with Gasteiger partial charge in [0.2, 0.25) is 0 Å². The van der Waals surface area contributed by atoms with Crippen LogP contribution in [0.4, 0.5) is 18.9 Å². The third kappa shape index (κ3) is 5.91. The number of hydrogen-bond donors (Lipinski definition) is 1. The van der Waals surface area contributed by atoms with Gasteiger partial charge in [-0.1, -0.05) is 52.9 Å². The van der Waals surface area contributed by atoms with Crippen LogP contribution >= 0.6 is 34.8 Å². The summed E-state index contributed by atoms with van der Waals surface area (Å²) in [6.45, 7) is 1.56. The smallest absolute Gasteiger partial charge is 0.391 e. The topological polar surface area (TPSA) is 67.8 Å². The SMILES string of the molecule is CC/C(=N\OCc1c(Cl)cccc1Cl)c1cc(Cl)ccc1NS(=O)(=O)C(F)(F)F. The fourth-order valence-electron chi connectivity index (χ4n) is 2.20. The Morgan fingerprint density at radius 3 is 2.31 bits per heavy atom. The standard InChI is InChI=1S/C17H14Cl3F3N2O3S/c1-2-15(24-28-9-12-13(19)4-3-5-14(12)20)11-8-10(18)6-7-16(11)25-29(26,27)17(21,22)23/h3-8,25H,2,9H2,1H3/b24-15+. The lowest BCUT2D eigenvalue weighted by atomic mass is 10.1.